The molecular formula is C15H32O14P4. The molecule has 0 spiro atoms. The van der Waals surface area contributed by atoms with Crippen LogP contribution in [0.4, 0.5) is 0 Å². The first kappa shape index (κ1) is 34.9. The summed E-state index contributed by atoms with van der Waals surface area (Å²) < 4.78 is 52.1. The van der Waals surface area contributed by atoms with Crippen molar-refractivity contribution in [1.82, 2.24) is 0 Å². The van der Waals surface area contributed by atoms with E-state index in [-0.39, 0.29) is 6.61 Å². The molecule has 0 radical (unpaired) electrons. The molecule has 0 aromatic carbocycles. The van der Waals surface area contributed by atoms with Crippen molar-refractivity contribution in [3.05, 3.63) is 34.9 Å². The Balaban J connectivity index is 0. The fraction of sp³-hybridized carbons (Fsp3) is 0.600. The summed E-state index contributed by atoms with van der Waals surface area (Å²) in [7, 11) is -19.9. The number of phosphoric acid groups is 4. The maximum atomic E-state index is 11.2. The molecule has 0 aliphatic carbocycles. The molecule has 0 aromatic heterocycles. The Morgan fingerprint density at radius 2 is 1.03 bits per heavy atom. The van der Waals surface area contributed by atoms with E-state index in [0.29, 0.717) is 0 Å². The minimum atomic E-state index is -5.07. The Bertz CT molecular complexity index is 851. The van der Waals surface area contributed by atoms with Crippen molar-refractivity contribution in [1.29, 1.82) is 0 Å². The average Bonchev–Trinajstić information content (AvgIpc) is 2.48. The zero-order valence-corrected chi connectivity index (χ0v) is 22.1. The molecule has 1 atom stereocenters. The predicted molar refractivity (Wildman–Crippen MR) is 119 cm³/mol. The van der Waals surface area contributed by atoms with Gasteiger partial charge in [-0.2, -0.15) is 8.62 Å². The number of allylic oxidation sites excluding steroid dienone is 5. The predicted octanol–water partition coefficient (Wildman–Crippen LogP) is 3.82. The summed E-state index contributed by atoms with van der Waals surface area (Å²) in [5.41, 5.74) is 3.57. The van der Waals surface area contributed by atoms with Crippen LogP contribution in [-0.4, -0.2) is 40.9 Å². The molecule has 0 aliphatic rings. The van der Waals surface area contributed by atoms with Crippen LogP contribution in [0.25, 0.3) is 0 Å². The fourth-order valence-corrected chi connectivity index (χ4v) is 4.54. The van der Waals surface area contributed by atoms with E-state index in [1.807, 2.05) is 6.92 Å². The normalized spacial score (nSPS) is 15.4. The lowest BCUT2D eigenvalue weighted by Crippen LogP contribution is -1.94. The minimum absolute atomic E-state index is 0.261. The molecule has 7 N–H and O–H groups in total. The first-order chi connectivity index (χ1) is 14.6. The Hall–Kier alpha value is -0.260. The number of rotatable bonds is 13. The molecule has 0 rings (SSSR count). The van der Waals surface area contributed by atoms with Gasteiger partial charge in [0, 0.05) is 0 Å². The van der Waals surface area contributed by atoms with Crippen LogP contribution in [0.15, 0.2) is 34.9 Å². The van der Waals surface area contributed by atoms with Crippen LogP contribution in [0.3, 0.4) is 0 Å². The van der Waals surface area contributed by atoms with Crippen molar-refractivity contribution in [2.45, 2.75) is 53.4 Å². The molecule has 0 fully saturated rings. The summed E-state index contributed by atoms with van der Waals surface area (Å²) in [6.45, 7) is 7.82. The van der Waals surface area contributed by atoms with Crippen LogP contribution in [0.2, 0.25) is 0 Å². The van der Waals surface area contributed by atoms with Crippen LogP contribution in [0.1, 0.15) is 53.4 Å². The molecule has 14 nitrogen and oxygen atoms in total. The maximum absolute atomic E-state index is 11.2. The maximum Gasteiger partial charge on any atom is 0.481 e. The minimum Gasteiger partial charge on any atom is -0.302 e. The molecule has 0 saturated carbocycles. The van der Waals surface area contributed by atoms with E-state index in [1.54, 1.807) is 6.08 Å². The molecule has 0 saturated heterocycles. The van der Waals surface area contributed by atoms with Crippen LogP contribution in [0.5, 0.6) is 0 Å². The lowest BCUT2D eigenvalue weighted by molar-refractivity contribution is 0.190. The molecule has 0 bridgehead atoms. The van der Waals surface area contributed by atoms with E-state index in [4.69, 9.17) is 34.3 Å². The van der Waals surface area contributed by atoms with Crippen molar-refractivity contribution in [2.24, 2.45) is 0 Å². The number of hydrogen-bond acceptors (Lipinski definition) is 7. The summed E-state index contributed by atoms with van der Waals surface area (Å²) >= 11 is 0. The van der Waals surface area contributed by atoms with E-state index in [0.717, 1.165) is 31.3 Å². The van der Waals surface area contributed by atoms with E-state index in [9.17, 15) is 18.3 Å². The second-order valence-corrected chi connectivity index (χ2v) is 12.3. The van der Waals surface area contributed by atoms with Gasteiger partial charge in [-0.1, -0.05) is 34.9 Å². The average molecular weight is 560 g/mol. The van der Waals surface area contributed by atoms with Crippen LogP contribution < -0.4 is 0 Å². The van der Waals surface area contributed by atoms with Crippen LogP contribution in [-0.2, 0) is 31.4 Å². The van der Waals surface area contributed by atoms with E-state index >= 15 is 0 Å². The molecule has 0 amide bonds. The van der Waals surface area contributed by atoms with E-state index < -0.39 is 31.3 Å². The van der Waals surface area contributed by atoms with Gasteiger partial charge in [0.15, 0.2) is 0 Å². The van der Waals surface area contributed by atoms with Crippen molar-refractivity contribution in [2.75, 3.05) is 6.61 Å². The largest absolute Gasteiger partial charge is 0.481 e. The molecule has 33 heavy (non-hydrogen) atoms. The molecule has 18 heteroatoms. The first-order valence-electron chi connectivity index (χ1n) is 9.13. The fourth-order valence-electron chi connectivity index (χ4n) is 1.91. The highest BCUT2D eigenvalue weighted by atomic mass is 31.3. The van der Waals surface area contributed by atoms with Gasteiger partial charge in [0.1, 0.15) is 0 Å². The Morgan fingerprint density at radius 3 is 1.39 bits per heavy atom. The number of hydrogen-bond donors (Lipinski definition) is 7. The van der Waals surface area contributed by atoms with Gasteiger partial charge in [-0.05, 0) is 53.4 Å². The standard InChI is InChI=1S/C15H28O7P2.H4O7P2/c1-13(2)7-5-8-14(3)9-6-10-15(4)11-12-21-24(19,20)22-23(16,17)18;1-8(2,3)7-9(4,5)6/h7,9,11H,5-6,8,10,12H2,1-4H3,(H,19,20)(H2,16,17,18);(H2,1,2,3)(H2,4,5,6)/b14-9+,15-11+;. The summed E-state index contributed by atoms with van der Waals surface area (Å²) in [5, 5.41) is 0. The Labute approximate surface area is 192 Å². The van der Waals surface area contributed by atoms with Crippen LogP contribution in [0, 0.1) is 0 Å². The first-order valence-corrected chi connectivity index (χ1v) is 15.2. The number of phosphoric ester groups is 1. The SMILES string of the molecule is CC(C)=CCC/C(C)=C/CC/C(C)=C/COP(=O)(O)OP(=O)(O)O.O=P(O)(O)OP(=O)(O)O. The molecule has 0 heterocycles. The zero-order valence-electron chi connectivity index (χ0n) is 18.5. The van der Waals surface area contributed by atoms with Gasteiger partial charge in [0.05, 0.1) is 6.61 Å². The highest BCUT2D eigenvalue weighted by Crippen LogP contribution is 2.57. The van der Waals surface area contributed by atoms with Gasteiger partial charge in [0.25, 0.3) is 0 Å². The molecule has 196 valence electrons. The van der Waals surface area contributed by atoms with E-state index in [1.165, 1.54) is 11.1 Å². The summed E-state index contributed by atoms with van der Waals surface area (Å²) in [4.78, 5) is 57.1. The van der Waals surface area contributed by atoms with Crippen molar-refractivity contribution in [3.8, 4) is 0 Å². The molecular weight excluding hydrogens is 528 g/mol. The third-order valence-corrected chi connectivity index (χ3v) is 7.07. The summed E-state index contributed by atoms with van der Waals surface area (Å²) in [6, 6.07) is 0. The smallest absolute Gasteiger partial charge is 0.302 e. The van der Waals surface area contributed by atoms with Crippen molar-refractivity contribution >= 4 is 31.3 Å². The molecule has 0 aromatic rings. The highest BCUT2D eigenvalue weighted by molar-refractivity contribution is 7.60. The van der Waals surface area contributed by atoms with Crippen molar-refractivity contribution < 1.29 is 65.7 Å². The highest BCUT2D eigenvalue weighted by Gasteiger charge is 2.31. The Kier molecular flexibility index (Phi) is 16.6. The second-order valence-electron chi connectivity index (χ2n) is 6.86. The van der Waals surface area contributed by atoms with Gasteiger partial charge < -0.3 is 34.3 Å². The quantitative estimate of drug-likeness (QED) is 0.125. The zero-order chi connectivity index (χ0) is 26.5. The lowest BCUT2D eigenvalue weighted by atomic mass is 10.1. The van der Waals surface area contributed by atoms with Gasteiger partial charge in [-0.25, -0.2) is 18.3 Å². The van der Waals surface area contributed by atoms with Crippen molar-refractivity contribution in [3.63, 3.8) is 0 Å². The molecule has 0 aliphatic heterocycles. The van der Waals surface area contributed by atoms with Gasteiger partial charge in [-0.15, -0.1) is 0 Å². The van der Waals surface area contributed by atoms with Crippen LogP contribution >= 0.6 is 31.3 Å². The lowest BCUT2D eigenvalue weighted by Gasteiger charge is -2.11. The third kappa shape index (κ3) is 29.7. The van der Waals surface area contributed by atoms with E-state index in [2.05, 4.69) is 46.1 Å². The van der Waals surface area contributed by atoms with Gasteiger partial charge in [0.2, 0.25) is 0 Å². The van der Waals surface area contributed by atoms with Gasteiger partial charge in [-0.3, -0.25) is 4.52 Å². The third-order valence-electron chi connectivity index (χ3n) is 3.21. The van der Waals surface area contributed by atoms with Gasteiger partial charge >= 0.3 is 31.3 Å². The summed E-state index contributed by atoms with van der Waals surface area (Å²) in [6.07, 6.45) is 9.59. The summed E-state index contributed by atoms with van der Waals surface area (Å²) in [5.74, 6) is 0. The monoisotopic (exact) mass is 560 g/mol. The second kappa shape index (κ2) is 15.7. The molecule has 1 unspecified atom stereocenters. The topological polar surface area (TPSA) is 238 Å². The Morgan fingerprint density at radius 1 is 0.636 bits per heavy atom.